The van der Waals surface area contributed by atoms with Crippen molar-refractivity contribution in [3.05, 3.63) is 72.1 Å². The lowest BCUT2D eigenvalue weighted by molar-refractivity contribution is -0.120. The number of Topliss-reactive ketones (excluding diaryl/α,β-unsaturated/α-hetero) is 1. The summed E-state index contributed by atoms with van der Waals surface area (Å²) in [6, 6.07) is 15.5. The first-order valence-electron chi connectivity index (χ1n) is 8.13. The number of amides is 1. The third-order valence-corrected chi connectivity index (χ3v) is 4.36. The zero-order chi connectivity index (χ0) is 17.2. The number of rotatable bonds is 5. The van der Waals surface area contributed by atoms with E-state index in [0.717, 1.165) is 27.4 Å². The van der Waals surface area contributed by atoms with E-state index in [0.29, 0.717) is 5.56 Å². The van der Waals surface area contributed by atoms with Gasteiger partial charge in [0.15, 0.2) is 5.78 Å². The second-order valence-electron chi connectivity index (χ2n) is 5.98. The van der Waals surface area contributed by atoms with Crippen molar-refractivity contribution in [3.63, 3.8) is 0 Å². The second-order valence-corrected chi connectivity index (χ2v) is 5.98. The number of carbonyl (C=O) groups excluding carboxylic acids is 2. The number of hydrogen-bond donors (Lipinski definition) is 3. The molecule has 124 valence electrons. The zero-order valence-electron chi connectivity index (χ0n) is 13.5. The number of H-pyrrole nitrogens is 2. The molecule has 5 heteroatoms. The van der Waals surface area contributed by atoms with Gasteiger partial charge in [0.2, 0.25) is 5.91 Å². The number of carbonyl (C=O) groups is 2. The maximum Gasteiger partial charge on any atom is 0.224 e. The highest BCUT2D eigenvalue weighted by Crippen LogP contribution is 2.19. The van der Waals surface area contributed by atoms with Crippen LogP contribution >= 0.6 is 0 Å². The fourth-order valence-electron chi connectivity index (χ4n) is 3.09. The van der Waals surface area contributed by atoms with Gasteiger partial charge in [0, 0.05) is 39.8 Å². The lowest BCUT2D eigenvalue weighted by Crippen LogP contribution is -2.30. The molecule has 0 radical (unpaired) electrons. The summed E-state index contributed by atoms with van der Waals surface area (Å²) in [5, 5.41) is 4.62. The number of ketones is 1. The number of aromatic nitrogens is 2. The molecule has 0 fully saturated rings. The molecule has 4 aromatic rings. The van der Waals surface area contributed by atoms with Crippen LogP contribution in [0.5, 0.6) is 0 Å². The van der Waals surface area contributed by atoms with Gasteiger partial charge in [-0.1, -0.05) is 36.4 Å². The van der Waals surface area contributed by atoms with Crippen LogP contribution in [-0.2, 0) is 11.2 Å². The molecule has 0 spiro atoms. The molecule has 0 aliphatic carbocycles. The first-order chi connectivity index (χ1) is 12.2. The Morgan fingerprint density at radius 1 is 0.840 bits per heavy atom. The minimum Gasteiger partial charge on any atom is -0.361 e. The summed E-state index contributed by atoms with van der Waals surface area (Å²) in [6.07, 6.45) is 3.77. The normalized spacial score (nSPS) is 11.0. The molecule has 0 atom stereocenters. The highest BCUT2D eigenvalue weighted by atomic mass is 16.2. The first kappa shape index (κ1) is 15.2. The second kappa shape index (κ2) is 6.28. The van der Waals surface area contributed by atoms with E-state index in [1.54, 1.807) is 6.20 Å². The van der Waals surface area contributed by atoms with Crippen LogP contribution in [0.2, 0.25) is 0 Å². The summed E-state index contributed by atoms with van der Waals surface area (Å²) in [5.41, 5.74) is 3.44. The Balaban J connectivity index is 1.42. The van der Waals surface area contributed by atoms with Crippen LogP contribution in [-0.4, -0.2) is 28.2 Å². The van der Waals surface area contributed by atoms with Crippen molar-refractivity contribution in [1.82, 2.24) is 15.3 Å². The summed E-state index contributed by atoms with van der Waals surface area (Å²) in [7, 11) is 0. The van der Waals surface area contributed by atoms with Crippen molar-refractivity contribution < 1.29 is 9.59 Å². The van der Waals surface area contributed by atoms with Crippen LogP contribution in [0.1, 0.15) is 15.9 Å². The van der Waals surface area contributed by atoms with E-state index >= 15 is 0 Å². The Labute approximate surface area is 144 Å². The van der Waals surface area contributed by atoms with Crippen molar-refractivity contribution in [2.24, 2.45) is 0 Å². The summed E-state index contributed by atoms with van der Waals surface area (Å²) in [4.78, 5) is 30.8. The van der Waals surface area contributed by atoms with E-state index < -0.39 is 0 Å². The third kappa shape index (κ3) is 2.92. The molecule has 0 saturated carbocycles. The van der Waals surface area contributed by atoms with Crippen LogP contribution < -0.4 is 5.32 Å². The van der Waals surface area contributed by atoms with E-state index in [1.807, 2.05) is 54.7 Å². The van der Waals surface area contributed by atoms with Crippen LogP contribution in [0, 0.1) is 0 Å². The van der Waals surface area contributed by atoms with E-state index in [9.17, 15) is 9.59 Å². The van der Waals surface area contributed by atoms with Crippen LogP contribution in [0.3, 0.4) is 0 Å². The third-order valence-electron chi connectivity index (χ3n) is 4.36. The molecule has 0 aliphatic rings. The molecule has 0 aliphatic heterocycles. The monoisotopic (exact) mass is 331 g/mol. The quantitative estimate of drug-likeness (QED) is 0.491. The Kier molecular flexibility index (Phi) is 3.82. The predicted molar refractivity (Wildman–Crippen MR) is 97.6 cm³/mol. The molecule has 4 rings (SSSR count). The number of nitrogens with one attached hydrogen (secondary N) is 3. The Morgan fingerprint density at radius 3 is 2.28 bits per heavy atom. The Hall–Kier alpha value is -3.34. The van der Waals surface area contributed by atoms with E-state index in [1.165, 1.54) is 0 Å². The Bertz CT molecular complexity index is 1070. The lowest BCUT2D eigenvalue weighted by Gasteiger charge is -2.04. The van der Waals surface area contributed by atoms with E-state index in [4.69, 9.17) is 0 Å². The van der Waals surface area contributed by atoms with Gasteiger partial charge in [-0.25, -0.2) is 0 Å². The number of aromatic amines is 2. The molecule has 2 aromatic heterocycles. The van der Waals surface area contributed by atoms with Crippen LogP contribution in [0.25, 0.3) is 21.8 Å². The summed E-state index contributed by atoms with van der Waals surface area (Å²) >= 11 is 0. The molecule has 2 aromatic carbocycles. The molecule has 25 heavy (non-hydrogen) atoms. The highest BCUT2D eigenvalue weighted by Gasteiger charge is 2.14. The molecular formula is C20H17N3O2. The van der Waals surface area contributed by atoms with Gasteiger partial charge in [-0.05, 0) is 17.7 Å². The van der Waals surface area contributed by atoms with Crippen molar-refractivity contribution in [2.45, 2.75) is 6.42 Å². The molecule has 0 bridgehead atoms. The SMILES string of the molecule is O=C(Cc1c[nH]c2ccccc12)NCC(=O)c1c[nH]c2ccccc12. The standard InChI is InChI=1S/C20H17N3O2/c24-19(16-11-22-18-8-4-2-6-15(16)18)12-23-20(25)9-13-10-21-17-7-3-1-5-14(13)17/h1-8,10-11,21-22H,9,12H2,(H,23,25). The van der Waals surface area contributed by atoms with Gasteiger partial charge in [0.1, 0.15) is 0 Å². The van der Waals surface area contributed by atoms with Gasteiger partial charge in [-0.3, -0.25) is 9.59 Å². The van der Waals surface area contributed by atoms with Crippen LogP contribution in [0.4, 0.5) is 0 Å². The molecule has 1 amide bonds. The van der Waals surface area contributed by atoms with Crippen molar-refractivity contribution in [2.75, 3.05) is 6.54 Å². The van der Waals surface area contributed by atoms with Gasteiger partial charge >= 0.3 is 0 Å². The van der Waals surface area contributed by atoms with Gasteiger partial charge in [-0.15, -0.1) is 0 Å². The van der Waals surface area contributed by atoms with Gasteiger partial charge in [-0.2, -0.15) is 0 Å². The number of benzene rings is 2. The maximum atomic E-state index is 12.4. The topological polar surface area (TPSA) is 77.8 Å². The van der Waals surface area contributed by atoms with Crippen LogP contribution in [0.15, 0.2) is 60.9 Å². The molecular weight excluding hydrogens is 314 g/mol. The number of hydrogen-bond acceptors (Lipinski definition) is 2. The molecule has 2 heterocycles. The Morgan fingerprint density at radius 2 is 1.48 bits per heavy atom. The van der Waals surface area contributed by atoms with Gasteiger partial charge in [0.05, 0.1) is 13.0 Å². The molecule has 0 saturated heterocycles. The van der Waals surface area contributed by atoms with E-state index in [-0.39, 0.29) is 24.7 Å². The van der Waals surface area contributed by atoms with Gasteiger partial charge < -0.3 is 15.3 Å². The van der Waals surface area contributed by atoms with Crippen molar-refractivity contribution in [3.8, 4) is 0 Å². The maximum absolute atomic E-state index is 12.4. The average Bonchev–Trinajstić information content (AvgIpc) is 3.24. The number of para-hydroxylation sites is 2. The smallest absolute Gasteiger partial charge is 0.224 e. The molecule has 3 N–H and O–H groups in total. The average molecular weight is 331 g/mol. The fourth-order valence-corrected chi connectivity index (χ4v) is 3.09. The largest absolute Gasteiger partial charge is 0.361 e. The fraction of sp³-hybridized carbons (Fsp3) is 0.100. The first-order valence-corrected chi connectivity index (χ1v) is 8.13. The number of fused-ring (bicyclic) bond motifs is 2. The van der Waals surface area contributed by atoms with Crippen molar-refractivity contribution >= 4 is 33.5 Å². The molecule has 5 nitrogen and oxygen atoms in total. The van der Waals surface area contributed by atoms with E-state index in [2.05, 4.69) is 15.3 Å². The lowest BCUT2D eigenvalue weighted by atomic mass is 10.1. The minimum atomic E-state index is -0.169. The summed E-state index contributed by atoms with van der Waals surface area (Å²) in [5.74, 6) is -0.275. The van der Waals surface area contributed by atoms with Crippen molar-refractivity contribution in [1.29, 1.82) is 0 Å². The highest BCUT2D eigenvalue weighted by molar-refractivity contribution is 6.09. The zero-order valence-corrected chi connectivity index (χ0v) is 13.5. The minimum absolute atomic E-state index is 0.0109. The molecule has 0 unspecified atom stereocenters. The van der Waals surface area contributed by atoms with Gasteiger partial charge in [0.25, 0.3) is 0 Å². The predicted octanol–water partition coefficient (Wildman–Crippen LogP) is 3.19. The summed E-state index contributed by atoms with van der Waals surface area (Å²) in [6.45, 7) is -0.0109. The summed E-state index contributed by atoms with van der Waals surface area (Å²) < 4.78 is 0.